The fourth-order valence-corrected chi connectivity index (χ4v) is 4.15. The van der Waals surface area contributed by atoms with E-state index in [0.29, 0.717) is 36.7 Å². The van der Waals surface area contributed by atoms with E-state index < -0.39 is 6.04 Å². The largest absolute Gasteiger partial charge is 0.454 e. The van der Waals surface area contributed by atoms with E-state index in [2.05, 4.69) is 11.9 Å². The number of carbonyl (C=O) groups is 2. The molecule has 3 aliphatic heterocycles. The van der Waals surface area contributed by atoms with Gasteiger partial charge in [0.25, 0.3) is 5.91 Å². The van der Waals surface area contributed by atoms with Gasteiger partial charge in [-0.2, -0.15) is 0 Å². The van der Waals surface area contributed by atoms with Crippen molar-refractivity contribution in [2.24, 2.45) is 0 Å². The zero-order chi connectivity index (χ0) is 20.7. The molecule has 0 fully saturated rings. The number of hydrogen-bond acceptors (Lipinski definition) is 4. The molecule has 0 saturated heterocycles. The number of benzene rings is 2. The fraction of sp³-hybridized carbons (Fsp3) is 0.217. The van der Waals surface area contributed by atoms with Gasteiger partial charge >= 0.3 is 6.03 Å². The summed E-state index contributed by atoms with van der Waals surface area (Å²) in [6.45, 7) is 5.09. The highest BCUT2D eigenvalue weighted by atomic mass is 16.7. The highest BCUT2D eigenvalue weighted by Gasteiger charge is 2.43. The average Bonchev–Trinajstić information content (AvgIpc) is 3.35. The zero-order valence-electron chi connectivity index (χ0n) is 16.3. The van der Waals surface area contributed by atoms with Crippen LogP contribution >= 0.6 is 0 Å². The molecule has 30 heavy (non-hydrogen) atoms. The fourth-order valence-electron chi connectivity index (χ4n) is 4.15. The van der Waals surface area contributed by atoms with E-state index >= 15 is 0 Å². The minimum atomic E-state index is -0.469. The molecule has 0 aromatic heterocycles. The van der Waals surface area contributed by atoms with Gasteiger partial charge in [0, 0.05) is 13.1 Å². The van der Waals surface area contributed by atoms with Crippen molar-refractivity contribution in [3.63, 3.8) is 0 Å². The number of fused-ring (bicyclic) bond motifs is 1. The van der Waals surface area contributed by atoms with Crippen LogP contribution < -0.4 is 14.8 Å². The summed E-state index contributed by atoms with van der Waals surface area (Å²) < 4.78 is 10.8. The third kappa shape index (κ3) is 2.99. The van der Waals surface area contributed by atoms with Crippen LogP contribution in [0.2, 0.25) is 0 Å². The van der Waals surface area contributed by atoms with Crippen LogP contribution in [0.1, 0.15) is 17.2 Å². The van der Waals surface area contributed by atoms with Gasteiger partial charge in [0.2, 0.25) is 6.79 Å². The van der Waals surface area contributed by atoms with Crippen LogP contribution in [0, 0.1) is 0 Å². The second-order valence-corrected chi connectivity index (χ2v) is 7.40. The maximum absolute atomic E-state index is 13.4. The van der Waals surface area contributed by atoms with Crippen LogP contribution in [0.3, 0.4) is 0 Å². The summed E-state index contributed by atoms with van der Waals surface area (Å²) in [5.74, 6) is 1.31. The lowest BCUT2D eigenvalue weighted by molar-refractivity contribution is -0.126. The van der Waals surface area contributed by atoms with Crippen molar-refractivity contribution in [1.29, 1.82) is 0 Å². The molecule has 0 unspecified atom stereocenters. The van der Waals surface area contributed by atoms with E-state index in [-0.39, 0.29) is 18.7 Å². The normalized spacial score (nSPS) is 19.8. The van der Waals surface area contributed by atoms with Crippen molar-refractivity contribution < 1.29 is 19.1 Å². The van der Waals surface area contributed by atoms with Crippen molar-refractivity contribution in [1.82, 2.24) is 15.1 Å². The van der Waals surface area contributed by atoms with Crippen LogP contribution in [0.4, 0.5) is 4.79 Å². The summed E-state index contributed by atoms with van der Waals surface area (Å²) in [4.78, 5) is 29.6. The first kappa shape index (κ1) is 18.3. The number of nitrogens with one attached hydrogen (secondary N) is 1. The Morgan fingerprint density at radius 1 is 1.10 bits per heavy atom. The smallest absolute Gasteiger partial charge is 0.322 e. The topological polar surface area (TPSA) is 71.1 Å². The van der Waals surface area contributed by atoms with Crippen molar-refractivity contribution in [3.8, 4) is 11.5 Å². The molecule has 3 aliphatic rings. The predicted molar refractivity (Wildman–Crippen MR) is 110 cm³/mol. The molecule has 1 atom stereocenters. The maximum Gasteiger partial charge on any atom is 0.322 e. The summed E-state index contributed by atoms with van der Waals surface area (Å²) in [5.41, 5.74) is 3.18. The SMILES string of the molecule is C=CCN1C(=O)N[C@@H](c2ccccc2)C2=C1CN(Cc1ccc3c(c1)OCO3)C2=O. The molecule has 5 rings (SSSR count). The van der Waals surface area contributed by atoms with E-state index in [4.69, 9.17) is 9.47 Å². The molecule has 0 saturated carbocycles. The second-order valence-electron chi connectivity index (χ2n) is 7.40. The molecule has 152 valence electrons. The average molecular weight is 403 g/mol. The Bertz CT molecular complexity index is 1060. The number of rotatable bonds is 5. The van der Waals surface area contributed by atoms with Crippen LogP contribution in [-0.2, 0) is 11.3 Å². The van der Waals surface area contributed by atoms with Gasteiger partial charge < -0.3 is 19.7 Å². The first-order chi connectivity index (χ1) is 14.7. The number of amides is 3. The van der Waals surface area contributed by atoms with Gasteiger partial charge in [-0.15, -0.1) is 6.58 Å². The first-order valence-electron chi connectivity index (χ1n) is 9.80. The Labute approximate surface area is 174 Å². The van der Waals surface area contributed by atoms with Gasteiger partial charge in [0.05, 0.1) is 23.9 Å². The number of nitrogens with zero attached hydrogens (tertiary/aromatic N) is 2. The predicted octanol–water partition coefficient (Wildman–Crippen LogP) is 2.96. The summed E-state index contributed by atoms with van der Waals surface area (Å²) in [6.07, 6.45) is 1.66. The Morgan fingerprint density at radius 3 is 2.70 bits per heavy atom. The first-order valence-corrected chi connectivity index (χ1v) is 9.80. The van der Waals surface area contributed by atoms with Crippen molar-refractivity contribution in [2.75, 3.05) is 19.9 Å². The highest BCUT2D eigenvalue weighted by molar-refractivity contribution is 6.01. The van der Waals surface area contributed by atoms with Gasteiger partial charge in [-0.05, 0) is 23.3 Å². The summed E-state index contributed by atoms with van der Waals surface area (Å²) >= 11 is 0. The lowest BCUT2D eigenvalue weighted by Gasteiger charge is -2.33. The molecule has 3 heterocycles. The molecule has 1 N–H and O–H groups in total. The Morgan fingerprint density at radius 2 is 1.90 bits per heavy atom. The number of ether oxygens (including phenoxy) is 2. The van der Waals surface area contributed by atoms with E-state index in [1.54, 1.807) is 15.9 Å². The Balaban J connectivity index is 1.47. The monoisotopic (exact) mass is 403 g/mol. The molecule has 0 radical (unpaired) electrons. The third-order valence-corrected chi connectivity index (χ3v) is 5.55. The van der Waals surface area contributed by atoms with Gasteiger partial charge in [0.15, 0.2) is 11.5 Å². The molecule has 2 aromatic rings. The molecule has 7 heteroatoms. The number of urea groups is 1. The van der Waals surface area contributed by atoms with Crippen molar-refractivity contribution in [2.45, 2.75) is 12.6 Å². The van der Waals surface area contributed by atoms with E-state index in [0.717, 1.165) is 16.8 Å². The molecule has 0 aliphatic carbocycles. The molecular formula is C23H21N3O4. The van der Waals surface area contributed by atoms with Crippen LogP contribution in [0.5, 0.6) is 11.5 Å². The summed E-state index contributed by atoms with van der Waals surface area (Å²) in [7, 11) is 0. The van der Waals surface area contributed by atoms with Crippen LogP contribution in [0.25, 0.3) is 0 Å². The second kappa shape index (κ2) is 7.26. The minimum absolute atomic E-state index is 0.0782. The summed E-state index contributed by atoms with van der Waals surface area (Å²) in [6, 6.07) is 14.6. The van der Waals surface area contributed by atoms with Crippen LogP contribution in [0.15, 0.2) is 72.5 Å². The maximum atomic E-state index is 13.4. The lowest BCUT2D eigenvalue weighted by atomic mass is 9.95. The minimum Gasteiger partial charge on any atom is -0.454 e. The van der Waals surface area contributed by atoms with E-state index in [9.17, 15) is 9.59 Å². The van der Waals surface area contributed by atoms with Crippen molar-refractivity contribution >= 4 is 11.9 Å². The quantitative estimate of drug-likeness (QED) is 0.780. The molecular weight excluding hydrogens is 382 g/mol. The van der Waals surface area contributed by atoms with Gasteiger partial charge in [-0.25, -0.2) is 4.79 Å². The van der Waals surface area contributed by atoms with Gasteiger partial charge in [0.1, 0.15) is 0 Å². The zero-order valence-corrected chi connectivity index (χ0v) is 16.3. The molecule has 3 amide bonds. The summed E-state index contributed by atoms with van der Waals surface area (Å²) in [5, 5.41) is 2.99. The molecule has 0 spiro atoms. The Kier molecular flexibility index (Phi) is 4.43. The number of hydrogen-bond donors (Lipinski definition) is 1. The Hall–Kier alpha value is -3.74. The van der Waals surface area contributed by atoms with Crippen molar-refractivity contribution in [3.05, 3.63) is 83.6 Å². The van der Waals surface area contributed by atoms with Gasteiger partial charge in [-0.1, -0.05) is 42.5 Å². The molecule has 2 aromatic carbocycles. The highest BCUT2D eigenvalue weighted by Crippen LogP contribution is 2.38. The lowest BCUT2D eigenvalue weighted by Crippen LogP contribution is -2.47. The van der Waals surface area contributed by atoms with Crippen LogP contribution in [-0.4, -0.2) is 41.6 Å². The third-order valence-electron chi connectivity index (χ3n) is 5.55. The molecule has 7 nitrogen and oxygen atoms in total. The van der Waals surface area contributed by atoms with E-state index in [1.807, 2.05) is 48.5 Å². The van der Waals surface area contributed by atoms with Gasteiger partial charge in [-0.3, -0.25) is 9.69 Å². The number of carbonyl (C=O) groups excluding carboxylic acids is 2. The van der Waals surface area contributed by atoms with E-state index in [1.165, 1.54) is 0 Å². The standard InChI is InChI=1S/C23H21N3O4/c1-2-10-26-17-13-25(12-15-8-9-18-19(11-15)30-14-29-18)22(27)20(17)21(24-23(26)28)16-6-4-3-5-7-16/h2-9,11,21H,1,10,12-14H2,(H,24,28)/t21-/m0/s1. The molecule has 0 bridgehead atoms.